The van der Waals surface area contributed by atoms with Crippen LogP contribution in [0, 0.1) is 0 Å². The number of hydrogen-bond donors (Lipinski definition) is 2. The molecule has 0 radical (unpaired) electrons. The number of aromatic nitrogens is 1. The number of methoxy groups -OCH3 is 2. The average Bonchev–Trinajstić information content (AvgIpc) is 2.80. The first-order valence-electron chi connectivity index (χ1n) is 9.60. The van der Waals surface area contributed by atoms with Crippen molar-refractivity contribution in [3.8, 4) is 5.75 Å². The van der Waals surface area contributed by atoms with Gasteiger partial charge in [0.1, 0.15) is 17.2 Å². The van der Waals surface area contributed by atoms with E-state index in [1.165, 1.54) is 31.3 Å². The number of carbonyl (C=O) groups excluding carboxylic acids is 3. The summed E-state index contributed by atoms with van der Waals surface area (Å²) in [6.07, 6.45) is -2.04. The normalized spacial score (nSPS) is 10.4. The Morgan fingerprint density at radius 1 is 0.906 bits per heavy atom. The second-order valence-corrected chi connectivity index (χ2v) is 6.01. The van der Waals surface area contributed by atoms with Crippen LogP contribution in [-0.4, -0.2) is 55.5 Å². The maximum Gasteiger partial charge on any atom is 0.415 e. The number of nitrogens with zero attached hydrogens (tertiary/aromatic N) is 4. The number of amides is 3. The quantitative estimate of drug-likeness (QED) is 0.589. The van der Waals surface area contributed by atoms with Crippen molar-refractivity contribution in [1.29, 1.82) is 0 Å². The summed E-state index contributed by atoms with van der Waals surface area (Å²) in [5.41, 5.74) is 0.449. The number of para-hydroxylation sites is 1. The Morgan fingerprint density at radius 3 is 2.19 bits per heavy atom. The zero-order valence-electron chi connectivity index (χ0n) is 18.1. The number of azo groups is 1. The highest BCUT2D eigenvalue weighted by molar-refractivity contribution is 5.89. The van der Waals surface area contributed by atoms with Gasteiger partial charge in [-0.1, -0.05) is 12.1 Å². The Labute approximate surface area is 184 Å². The topological polar surface area (TPSA) is 144 Å². The first kappa shape index (κ1) is 24.1. The third kappa shape index (κ3) is 6.65. The molecule has 0 atom stereocenters. The SMILES string of the molecule is CCN(CC)C(=O)Oc1ccccc1/N=N/c1ccc(NC(=O)OC)nc1NC(=O)OC. The molecule has 1 heterocycles. The van der Waals surface area contributed by atoms with Gasteiger partial charge < -0.3 is 19.1 Å². The lowest BCUT2D eigenvalue weighted by Crippen LogP contribution is -2.33. The molecule has 0 fully saturated rings. The Morgan fingerprint density at radius 2 is 1.53 bits per heavy atom. The van der Waals surface area contributed by atoms with E-state index < -0.39 is 18.3 Å². The predicted octanol–water partition coefficient (Wildman–Crippen LogP) is 4.69. The number of pyridine rings is 1. The molecule has 0 saturated heterocycles. The number of nitrogens with one attached hydrogen (secondary N) is 2. The summed E-state index contributed by atoms with van der Waals surface area (Å²) in [4.78, 5) is 41.0. The Hall–Kier alpha value is -4.22. The lowest BCUT2D eigenvalue weighted by molar-refractivity contribution is 0.157. The molecule has 1 aromatic carbocycles. The van der Waals surface area contributed by atoms with Crippen LogP contribution in [0.1, 0.15) is 13.8 Å². The van der Waals surface area contributed by atoms with E-state index in [2.05, 4.69) is 35.3 Å². The molecule has 170 valence electrons. The molecular weight excluding hydrogens is 420 g/mol. The van der Waals surface area contributed by atoms with E-state index in [0.29, 0.717) is 13.1 Å². The second kappa shape index (κ2) is 11.8. The molecule has 32 heavy (non-hydrogen) atoms. The fourth-order valence-electron chi connectivity index (χ4n) is 2.37. The Balaban J connectivity index is 2.33. The van der Waals surface area contributed by atoms with E-state index in [9.17, 15) is 14.4 Å². The summed E-state index contributed by atoms with van der Waals surface area (Å²) >= 11 is 0. The van der Waals surface area contributed by atoms with Gasteiger partial charge in [-0.3, -0.25) is 10.6 Å². The minimum atomic E-state index is -0.794. The number of anilines is 2. The molecule has 2 N–H and O–H groups in total. The van der Waals surface area contributed by atoms with E-state index in [-0.39, 0.29) is 28.8 Å². The number of ether oxygens (including phenoxy) is 3. The minimum Gasteiger partial charge on any atom is -0.453 e. The van der Waals surface area contributed by atoms with Gasteiger partial charge in [-0.25, -0.2) is 19.4 Å². The minimum absolute atomic E-state index is 0.0212. The molecule has 0 aliphatic heterocycles. The predicted molar refractivity (Wildman–Crippen MR) is 116 cm³/mol. The Kier molecular flexibility index (Phi) is 8.90. The van der Waals surface area contributed by atoms with Gasteiger partial charge in [0.15, 0.2) is 11.6 Å². The van der Waals surface area contributed by atoms with Crippen LogP contribution >= 0.6 is 0 Å². The van der Waals surface area contributed by atoms with Crippen molar-refractivity contribution in [1.82, 2.24) is 9.88 Å². The third-order valence-corrected chi connectivity index (χ3v) is 4.04. The van der Waals surface area contributed by atoms with E-state index in [1.54, 1.807) is 24.3 Å². The van der Waals surface area contributed by atoms with Crippen LogP contribution in [0.5, 0.6) is 5.75 Å². The maximum atomic E-state index is 12.3. The largest absolute Gasteiger partial charge is 0.453 e. The van der Waals surface area contributed by atoms with Gasteiger partial charge in [0.2, 0.25) is 0 Å². The molecule has 0 bridgehead atoms. The summed E-state index contributed by atoms with van der Waals surface area (Å²) in [7, 11) is 2.39. The molecule has 12 heteroatoms. The van der Waals surface area contributed by atoms with Crippen LogP contribution in [-0.2, 0) is 9.47 Å². The molecule has 0 aliphatic rings. The van der Waals surface area contributed by atoms with Gasteiger partial charge in [0.25, 0.3) is 0 Å². The smallest absolute Gasteiger partial charge is 0.415 e. The van der Waals surface area contributed by atoms with Gasteiger partial charge in [-0.15, -0.1) is 10.2 Å². The van der Waals surface area contributed by atoms with Crippen molar-refractivity contribution in [3.05, 3.63) is 36.4 Å². The first-order valence-corrected chi connectivity index (χ1v) is 9.60. The number of benzene rings is 1. The average molecular weight is 444 g/mol. The summed E-state index contributed by atoms with van der Waals surface area (Å²) in [5, 5.41) is 13.0. The van der Waals surface area contributed by atoms with Crippen LogP contribution in [0.25, 0.3) is 0 Å². The van der Waals surface area contributed by atoms with Crippen molar-refractivity contribution in [3.63, 3.8) is 0 Å². The molecule has 2 aromatic rings. The van der Waals surface area contributed by atoms with E-state index in [1.807, 2.05) is 13.8 Å². The van der Waals surface area contributed by atoms with Gasteiger partial charge >= 0.3 is 18.3 Å². The van der Waals surface area contributed by atoms with Gasteiger partial charge in [-0.2, -0.15) is 0 Å². The van der Waals surface area contributed by atoms with E-state index >= 15 is 0 Å². The monoisotopic (exact) mass is 444 g/mol. The fraction of sp³-hybridized carbons (Fsp3) is 0.300. The highest BCUT2D eigenvalue weighted by atomic mass is 16.6. The summed E-state index contributed by atoms with van der Waals surface area (Å²) in [5.74, 6) is 0.301. The summed E-state index contributed by atoms with van der Waals surface area (Å²) in [6, 6.07) is 9.52. The van der Waals surface area contributed by atoms with Crippen molar-refractivity contribution in [2.24, 2.45) is 10.2 Å². The van der Waals surface area contributed by atoms with Crippen molar-refractivity contribution >= 4 is 41.3 Å². The van der Waals surface area contributed by atoms with Crippen LogP contribution in [0.4, 0.5) is 37.4 Å². The van der Waals surface area contributed by atoms with Crippen molar-refractivity contribution < 1.29 is 28.6 Å². The van der Waals surface area contributed by atoms with Crippen molar-refractivity contribution in [2.45, 2.75) is 13.8 Å². The summed E-state index contributed by atoms with van der Waals surface area (Å²) < 4.78 is 14.5. The lowest BCUT2D eigenvalue weighted by Gasteiger charge is -2.18. The zero-order valence-corrected chi connectivity index (χ0v) is 18.1. The fourth-order valence-corrected chi connectivity index (χ4v) is 2.37. The molecule has 0 unspecified atom stereocenters. The molecule has 0 aliphatic carbocycles. The molecular formula is C20H24N6O6. The highest BCUT2D eigenvalue weighted by Crippen LogP contribution is 2.32. The van der Waals surface area contributed by atoms with Gasteiger partial charge in [-0.05, 0) is 38.1 Å². The van der Waals surface area contributed by atoms with Gasteiger partial charge in [0, 0.05) is 13.1 Å². The van der Waals surface area contributed by atoms with Crippen LogP contribution in [0.15, 0.2) is 46.6 Å². The molecule has 1 aromatic heterocycles. The maximum absolute atomic E-state index is 12.3. The van der Waals surface area contributed by atoms with E-state index in [0.717, 1.165) is 0 Å². The number of hydrogen-bond acceptors (Lipinski definition) is 9. The molecule has 2 rings (SSSR count). The molecule has 0 saturated carbocycles. The Bertz CT molecular complexity index is 992. The van der Waals surface area contributed by atoms with Crippen LogP contribution in [0.3, 0.4) is 0 Å². The van der Waals surface area contributed by atoms with Gasteiger partial charge in [0.05, 0.1) is 14.2 Å². The molecule has 12 nitrogen and oxygen atoms in total. The first-order chi connectivity index (χ1) is 15.4. The molecule has 3 amide bonds. The van der Waals surface area contributed by atoms with Crippen molar-refractivity contribution in [2.75, 3.05) is 37.9 Å². The standard InChI is InChI=1S/C20H24N6O6/c1-5-26(6-2)20(29)32-15-10-8-7-9-13(15)24-25-14-11-12-16(22-18(27)30-3)21-17(14)23-19(28)31-4/h7-12H,5-6H2,1-4H3,(H2,21,22,23,27,28)/b25-24+. The third-order valence-electron chi connectivity index (χ3n) is 4.04. The second-order valence-electron chi connectivity index (χ2n) is 6.01. The number of rotatable bonds is 7. The molecule has 0 spiro atoms. The van der Waals surface area contributed by atoms with Crippen LogP contribution < -0.4 is 15.4 Å². The summed E-state index contributed by atoms with van der Waals surface area (Å²) in [6.45, 7) is 4.69. The lowest BCUT2D eigenvalue weighted by atomic mass is 10.3. The van der Waals surface area contributed by atoms with E-state index in [4.69, 9.17) is 4.74 Å². The highest BCUT2D eigenvalue weighted by Gasteiger charge is 2.15. The van der Waals surface area contributed by atoms with Crippen LogP contribution in [0.2, 0.25) is 0 Å². The zero-order chi connectivity index (χ0) is 23.5. The number of carbonyl (C=O) groups is 3.